The van der Waals surface area contributed by atoms with Crippen LogP contribution in [-0.4, -0.2) is 15.0 Å². The van der Waals surface area contributed by atoms with Crippen molar-refractivity contribution in [2.45, 2.75) is 12.8 Å². The van der Waals surface area contributed by atoms with Crippen LogP contribution in [0.5, 0.6) is 5.75 Å². The first-order valence-electron chi connectivity index (χ1n) is 6.18. The van der Waals surface area contributed by atoms with Crippen LogP contribution in [0, 0.1) is 20.2 Å². The molecule has 2 rings (SSSR count). The quantitative estimate of drug-likeness (QED) is 0.672. The SMILES string of the molecule is O=[N+]([O-])c1ccc(O)c([N+](=O)[O-])c1CCc1ccccc1. The van der Waals surface area contributed by atoms with E-state index in [0.717, 1.165) is 17.7 Å². The fourth-order valence-corrected chi connectivity index (χ4v) is 2.15. The summed E-state index contributed by atoms with van der Waals surface area (Å²) < 4.78 is 0. The van der Waals surface area contributed by atoms with Crippen molar-refractivity contribution < 1.29 is 15.0 Å². The van der Waals surface area contributed by atoms with Crippen molar-refractivity contribution in [3.63, 3.8) is 0 Å². The zero-order chi connectivity index (χ0) is 15.4. The summed E-state index contributed by atoms with van der Waals surface area (Å²) in [5.41, 5.74) is -0.103. The van der Waals surface area contributed by atoms with Crippen molar-refractivity contribution in [1.82, 2.24) is 0 Å². The van der Waals surface area contributed by atoms with Crippen LogP contribution >= 0.6 is 0 Å². The summed E-state index contributed by atoms with van der Waals surface area (Å²) in [5, 5.41) is 31.7. The van der Waals surface area contributed by atoms with Gasteiger partial charge < -0.3 is 5.11 Å². The van der Waals surface area contributed by atoms with Crippen LogP contribution in [0.1, 0.15) is 11.1 Å². The molecule has 0 saturated heterocycles. The van der Waals surface area contributed by atoms with Gasteiger partial charge in [0.05, 0.1) is 9.85 Å². The maximum absolute atomic E-state index is 11.1. The first-order chi connectivity index (χ1) is 10.0. The average Bonchev–Trinajstić information content (AvgIpc) is 2.45. The van der Waals surface area contributed by atoms with Crippen molar-refractivity contribution in [1.29, 1.82) is 0 Å². The smallest absolute Gasteiger partial charge is 0.320 e. The Balaban J connectivity index is 2.42. The molecule has 108 valence electrons. The number of nitrogens with zero attached hydrogens (tertiary/aromatic N) is 2. The van der Waals surface area contributed by atoms with E-state index in [1.54, 1.807) is 0 Å². The molecule has 21 heavy (non-hydrogen) atoms. The van der Waals surface area contributed by atoms with E-state index in [1.807, 2.05) is 30.3 Å². The number of nitro benzene ring substituents is 2. The predicted molar refractivity (Wildman–Crippen MR) is 75.3 cm³/mol. The zero-order valence-electron chi connectivity index (χ0n) is 10.9. The summed E-state index contributed by atoms with van der Waals surface area (Å²) in [5.74, 6) is -0.561. The highest BCUT2D eigenvalue weighted by Gasteiger charge is 2.28. The number of hydrogen-bond acceptors (Lipinski definition) is 5. The van der Waals surface area contributed by atoms with Gasteiger partial charge in [-0.15, -0.1) is 0 Å². The van der Waals surface area contributed by atoms with Crippen LogP contribution in [0.25, 0.3) is 0 Å². The Morgan fingerprint density at radius 2 is 1.57 bits per heavy atom. The van der Waals surface area contributed by atoms with Gasteiger partial charge in [-0.05, 0) is 24.5 Å². The third-order valence-electron chi connectivity index (χ3n) is 3.12. The summed E-state index contributed by atoms with van der Waals surface area (Å²) in [7, 11) is 0. The number of phenolic OH excluding ortho intramolecular Hbond substituents is 1. The summed E-state index contributed by atoms with van der Waals surface area (Å²) in [4.78, 5) is 20.6. The van der Waals surface area contributed by atoms with Crippen LogP contribution < -0.4 is 0 Å². The average molecular weight is 288 g/mol. The minimum absolute atomic E-state index is 0.0612. The van der Waals surface area contributed by atoms with Gasteiger partial charge in [0.25, 0.3) is 5.69 Å². The molecule has 0 heterocycles. The highest BCUT2D eigenvalue weighted by molar-refractivity contribution is 5.61. The molecule has 0 bridgehead atoms. The molecule has 2 aromatic carbocycles. The second kappa shape index (κ2) is 6.00. The molecule has 0 atom stereocenters. The van der Waals surface area contributed by atoms with Gasteiger partial charge in [0, 0.05) is 6.07 Å². The second-order valence-electron chi connectivity index (χ2n) is 4.43. The maximum Gasteiger partial charge on any atom is 0.320 e. The lowest BCUT2D eigenvalue weighted by atomic mass is 10.0. The van der Waals surface area contributed by atoms with Crippen LogP contribution in [0.4, 0.5) is 11.4 Å². The highest BCUT2D eigenvalue weighted by atomic mass is 16.6. The maximum atomic E-state index is 11.1. The number of hydrogen-bond donors (Lipinski definition) is 1. The van der Waals surface area contributed by atoms with Gasteiger partial charge in [0.1, 0.15) is 5.56 Å². The molecule has 0 unspecified atom stereocenters. The summed E-state index contributed by atoms with van der Waals surface area (Å²) >= 11 is 0. The molecule has 7 heteroatoms. The molecule has 0 fully saturated rings. The number of benzene rings is 2. The molecule has 7 nitrogen and oxygen atoms in total. The van der Waals surface area contributed by atoms with Crippen LogP contribution in [-0.2, 0) is 12.8 Å². The van der Waals surface area contributed by atoms with Gasteiger partial charge in [-0.3, -0.25) is 20.2 Å². The molecule has 0 aromatic heterocycles. The normalized spacial score (nSPS) is 10.3. The molecular formula is C14H12N2O5. The Kier molecular flexibility index (Phi) is 4.13. The molecule has 0 spiro atoms. The Bertz CT molecular complexity index is 685. The van der Waals surface area contributed by atoms with Gasteiger partial charge in [-0.1, -0.05) is 30.3 Å². The standard InChI is InChI=1S/C14H12N2O5/c17-13-9-8-12(15(18)19)11(14(13)16(20)21)7-6-10-4-2-1-3-5-10/h1-5,8-9,17H,6-7H2. The summed E-state index contributed by atoms with van der Waals surface area (Å²) in [6.07, 6.45) is 0.511. The van der Waals surface area contributed by atoms with Gasteiger partial charge in [0.15, 0.2) is 5.75 Å². The molecule has 1 N–H and O–H groups in total. The summed E-state index contributed by atoms with van der Waals surface area (Å²) in [6, 6.07) is 11.2. The van der Waals surface area contributed by atoms with E-state index in [4.69, 9.17) is 0 Å². The van der Waals surface area contributed by atoms with Crippen LogP contribution in [0.3, 0.4) is 0 Å². The molecule has 0 radical (unpaired) electrons. The van der Waals surface area contributed by atoms with E-state index in [9.17, 15) is 25.3 Å². The number of rotatable bonds is 5. The highest BCUT2D eigenvalue weighted by Crippen LogP contribution is 2.36. The summed E-state index contributed by atoms with van der Waals surface area (Å²) in [6.45, 7) is 0. The van der Waals surface area contributed by atoms with Crippen molar-refractivity contribution >= 4 is 11.4 Å². The Morgan fingerprint density at radius 1 is 0.905 bits per heavy atom. The van der Waals surface area contributed by atoms with Gasteiger partial charge in [0.2, 0.25) is 0 Å². The third kappa shape index (κ3) is 3.14. The van der Waals surface area contributed by atoms with Crippen molar-refractivity contribution in [3.05, 3.63) is 73.8 Å². The number of phenols is 1. The molecular weight excluding hydrogens is 276 g/mol. The topological polar surface area (TPSA) is 107 Å². The number of nitro groups is 2. The fraction of sp³-hybridized carbons (Fsp3) is 0.143. The van der Waals surface area contributed by atoms with E-state index in [-0.39, 0.29) is 17.7 Å². The number of aryl methyl sites for hydroxylation is 1. The van der Waals surface area contributed by atoms with E-state index in [1.165, 1.54) is 0 Å². The monoisotopic (exact) mass is 288 g/mol. The molecule has 0 aliphatic rings. The van der Waals surface area contributed by atoms with Gasteiger partial charge >= 0.3 is 5.69 Å². The fourth-order valence-electron chi connectivity index (χ4n) is 2.15. The second-order valence-corrected chi connectivity index (χ2v) is 4.43. The lowest BCUT2D eigenvalue weighted by molar-refractivity contribution is -0.396. The minimum atomic E-state index is -0.789. The minimum Gasteiger partial charge on any atom is -0.502 e. The van der Waals surface area contributed by atoms with Gasteiger partial charge in [-0.2, -0.15) is 0 Å². The molecule has 2 aromatic rings. The van der Waals surface area contributed by atoms with Crippen molar-refractivity contribution in [2.24, 2.45) is 0 Å². The van der Waals surface area contributed by atoms with E-state index in [0.29, 0.717) is 6.42 Å². The van der Waals surface area contributed by atoms with E-state index in [2.05, 4.69) is 0 Å². The van der Waals surface area contributed by atoms with Crippen molar-refractivity contribution in [2.75, 3.05) is 0 Å². The lowest BCUT2D eigenvalue weighted by Crippen LogP contribution is -2.03. The van der Waals surface area contributed by atoms with Crippen molar-refractivity contribution in [3.8, 4) is 5.75 Å². The van der Waals surface area contributed by atoms with Crippen LogP contribution in [0.2, 0.25) is 0 Å². The zero-order valence-corrected chi connectivity index (χ0v) is 10.9. The Labute approximate surface area is 119 Å². The Hall–Kier alpha value is -2.96. The van der Waals surface area contributed by atoms with E-state index >= 15 is 0 Å². The van der Waals surface area contributed by atoms with E-state index < -0.39 is 21.3 Å². The first-order valence-corrected chi connectivity index (χ1v) is 6.18. The number of aromatic hydroxyl groups is 1. The molecule has 0 aliphatic carbocycles. The first kappa shape index (κ1) is 14.4. The van der Waals surface area contributed by atoms with Gasteiger partial charge in [-0.25, -0.2) is 0 Å². The predicted octanol–water partition coefficient (Wildman–Crippen LogP) is 2.99. The van der Waals surface area contributed by atoms with Crippen LogP contribution in [0.15, 0.2) is 42.5 Å². The molecule has 0 aliphatic heterocycles. The third-order valence-corrected chi connectivity index (χ3v) is 3.12. The molecule has 0 amide bonds. The largest absolute Gasteiger partial charge is 0.502 e. The molecule has 0 saturated carbocycles. The Morgan fingerprint density at radius 3 is 2.14 bits per heavy atom. The lowest BCUT2D eigenvalue weighted by Gasteiger charge is -2.06.